The maximum absolute atomic E-state index is 5.64. The summed E-state index contributed by atoms with van der Waals surface area (Å²) in [5.41, 5.74) is 2.74. The number of aryl methyl sites for hydroxylation is 1. The van der Waals surface area contributed by atoms with Crippen molar-refractivity contribution < 1.29 is 9.47 Å². The highest BCUT2D eigenvalue weighted by Crippen LogP contribution is 2.35. The number of benzene rings is 1. The minimum absolute atomic E-state index is 0.482. The van der Waals surface area contributed by atoms with Crippen LogP contribution in [0.1, 0.15) is 50.7 Å². The predicted octanol–water partition coefficient (Wildman–Crippen LogP) is 4.06. The van der Waals surface area contributed by atoms with Crippen molar-refractivity contribution in [2.45, 2.75) is 58.7 Å². The van der Waals surface area contributed by atoms with Gasteiger partial charge in [-0.3, -0.25) is 0 Å². The van der Waals surface area contributed by atoms with Crippen LogP contribution < -0.4 is 4.74 Å². The summed E-state index contributed by atoms with van der Waals surface area (Å²) in [7, 11) is 0. The Balaban J connectivity index is 1.99. The van der Waals surface area contributed by atoms with E-state index in [1.165, 1.54) is 11.1 Å². The highest BCUT2D eigenvalue weighted by Gasteiger charge is 2.37. The van der Waals surface area contributed by atoms with E-state index in [0.717, 1.165) is 25.2 Å². The lowest BCUT2D eigenvalue weighted by Gasteiger charge is -2.15. The summed E-state index contributed by atoms with van der Waals surface area (Å²) in [6.45, 7) is 9.39. The van der Waals surface area contributed by atoms with Crippen LogP contribution in [0.2, 0.25) is 0 Å². The molecule has 1 heterocycles. The van der Waals surface area contributed by atoms with Crippen LogP contribution >= 0.6 is 0 Å². The molecule has 1 aliphatic rings. The lowest BCUT2D eigenvalue weighted by atomic mass is 9.91. The molecule has 2 rings (SSSR count). The number of hydrogen-bond acceptors (Lipinski definition) is 2. The van der Waals surface area contributed by atoms with Crippen LogP contribution in [-0.4, -0.2) is 18.8 Å². The molecule has 1 aliphatic heterocycles. The fourth-order valence-corrected chi connectivity index (χ4v) is 2.68. The number of rotatable bonds is 6. The molecule has 0 amide bonds. The summed E-state index contributed by atoms with van der Waals surface area (Å²) < 4.78 is 11.2. The summed E-state index contributed by atoms with van der Waals surface area (Å²) in [4.78, 5) is 0. The summed E-state index contributed by atoms with van der Waals surface area (Å²) in [5, 5.41) is 0. The molecule has 2 heteroatoms. The summed E-state index contributed by atoms with van der Waals surface area (Å²) in [6.07, 6.45) is 3.26. The highest BCUT2D eigenvalue weighted by atomic mass is 16.6. The average Bonchev–Trinajstić information content (AvgIpc) is 3.08. The van der Waals surface area contributed by atoms with E-state index in [1.54, 1.807) is 0 Å². The molecule has 100 valence electrons. The molecule has 0 spiro atoms. The maximum atomic E-state index is 5.64. The van der Waals surface area contributed by atoms with Crippen molar-refractivity contribution in [3.05, 3.63) is 29.3 Å². The monoisotopic (exact) mass is 248 g/mol. The lowest BCUT2D eigenvalue weighted by Crippen LogP contribution is -2.03. The van der Waals surface area contributed by atoms with Crippen LogP contribution in [0.3, 0.4) is 0 Å². The zero-order valence-electron chi connectivity index (χ0n) is 11.9. The SMILES string of the molecule is CCOc1ccc(C(C)CC2OC2CC)c(C)c1. The van der Waals surface area contributed by atoms with Crippen LogP contribution in [0.15, 0.2) is 18.2 Å². The molecule has 1 aromatic carbocycles. The first-order valence-electron chi connectivity index (χ1n) is 7.04. The maximum Gasteiger partial charge on any atom is 0.119 e. The second-order valence-corrected chi connectivity index (χ2v) is 5.21. The molecule has 1 aromatic rings. The standard InChI is InChI=1S/C16H24O2/c1-5-15-16(18-15)10-12(4)14-8-7-13(17-6-2)9-11(14)3/h7-9,12,15-16H,5-6,10H2,1-4H3. The molecule has 1 saturated heterocycles. The van der Waals surface area contributed by atoms with Crippen molar-refractivity contribution in [3.8, 4) is 5.75 Å². The Morgan fingerprint density at radius 2 is 2.06 bits per heavy atom. The molecular formula is C16H24O2. The van der Waals surface area contributed by atoms with Crippen molar-refractivity contribution in [3.63, 3.8) is 0 Å². The van der Waals surface area contributed by atoms with Crippen molar-refractivity contribution in [1.82, 2.24) is 0 Å². The molecular weight excluding hydrogens is 224 g/mol. The third-order valence-electron chi connectivity index (χ3n) is 3.76. The van der Waals surface area contributed by atoms with Crippen LogP contribution in [0.4, 0.5) is 0 Å². The topological polar surface area (TPSA) is 21.8 Å². The van der Waals surface area contributed by atoms with Crippen LogP contribution in [-0.2, 0) is 4.74 Å². The highest BCUT2D eigenvalue weighted by molar-refractivity contribution is 5.36. The van der Waals surface area contributed by atoms with Gasteiger partial charge < -0.3 is 9.47 Å². The minimum atomic E-state index is 0.482. The molecule has 0 bridgehead atoms. The van der Waals surface area contributed by atoms with E-state index in [0.29, 0.717) is 18.1 Å². The van der Waals surface area contributed by atoms with E-state index in [2.05, 4.69) is 39.0 Å². The van der Waals surface area contributed by atoms with Crippen LogP contribution in [0.25, 0.3) is 0 Å². The molecule has 3 unspecified atom stereocenters. The van der Waals surface area contributed by atoms with Crippen molar-refractivity contribution in [2.24, 2.45) is 0 Å². The largest absolute Gasteiger partial charge is 0.494 e. The Labute approximate surface area is 110 Å². The Hall–Kier alpha value is -1.02. The summed E-state index contributed by atoms with van der Waals surface area (Å²) >= 11 is 0. The van der Waals surface area contributed by atoms with Gasteiger partial charge in [0.2, 0.25) is 0 Å². The van der Waals surface area contributed by atoms with Crippen LogP contribution in [0.5, 0.6) is 5.75 Å². The van der Waals surface area contributed by atoms with Gasteiger partial charge in [-0.25, -0.2) is 0 Å². The summed E-state index contributed by atoms with van der Waals surface area (Å²) in [5.74, 6) is 1.53. The Morgan fingerprint density at radius 3 is 2.61 bits per heavy atom. The lowest BCUT2D eigenvalue weighted by molar-refractivity contribution is 0.339. The average molecular weight is 248 g/mol. The van der Waals surface area contributed by atoms with E-state index in [-0.39, 0.29) is 0 Å². The Morgan fingerprint density at radius 1 is 1.28 bits per heavy atom. The predicted molar refractivity (Wildman–Crippen MR) is 74.3 cm³/mol. The third-order valence-corrected chi connectivity index (χ3v) is 3.76. The molecule has 0 aromatic heterocycles. The van der Waals surface area contributed by atoms with E-state index >= 15 is 0 Å². The van der Waals surface area contributed by atoms with Gasteiger partial charge in [-0.05, 0) is 55.9 Å². The first kappa shape index (κ1) is 13.4. The quantitative estimate of drug-likeness (QED) is 0.708. The molecule has 1 fully saturated rings. The first-order chi connectivity index (χ1) is 8.65. The summed E-state index contributed by atoms with van der Waals surface area (Å²) in [6, 6.07) is 6.42. The van der Waals surface area contributed by atoms with Gasteiger partial charge >= 0.3 is 0 Å². The van der Waals surface area contributed by atoms with Gasteiger partial charge in [-0.15, -0.1) is 0 Å². The van der Waals surface area contributed by atoms with Gasteiger partial charge in [-0.1, -0.05) is 19.9 Å². The first-order valence-corrected chi connectivity index (χ1v) is 7.04. The Bertz CT molecular complexity index is 400. The number of hydrogen-bond donors (Lipinski definition) is 0. The molecule has 18 heavy (non-hydrogen) atoms. The molecule has 0 aliphatic carbocycles. The molecule has 2 nitrogen and oxygen atoms in total. The van der Waals surface area contributed by atoms with Gasteiger partial charge in [0.15, 0.2) is 0 Å². The van der Waals surface area contributed by atoms with Gasteiger partial charge in [0, 0.05) is 0 Å². The molecule has 0 saturated carbocycles. The van der Waals surface area contributed by atoms with Crippen LogP contribution in [0, 0.1) is 6.92 Å². The second-order valence-electron chi connectivity index (χ2n) is 5.21. The van der Waals surface area contributed by atoms with E-state index < -0.39 is 0 Å². The number of epoxide rings is 1. The third kappa shape index (κ3) is 3.05. The fourth-order valence-electron chi connectivity index (χ4n) is 2.68. The molecule has 0 radical (unpaired) electrons. The van der Waals surface area contributed by atoms with Crippen molar-refractivity contribution in [2.75, 3.05) is 6.61 Å². The van der Waals surface area contributed by atoms with E-state index in [9.17, 15) is 0 Å². The minimum Gasteiger partial charge on any atom is -0.494 e. The van der Waals surface area contributed by atoms with E-state index in [1.807, 2.05) is 6.92 Å². The van der Waals surface area contributed by atoms with Gasteiger partial charge in [0.05, 0.1) is 18.8 Å². The van der Waals surface area contributed by atoms with Crippen molar-refractivity contribution >= 4 is 0 Å². The normalized spacial score (nSPS) is 23.8. The smallest absolute Gasteiger partial charge is 0.119 e. The Kier molecular flexibility index (Phi) is 4.28. The van der Waals surface area contributed by atoms with Crippen molar-refractivity contribution in [1.29, 1.82) is 0 Å². The molecule has 3 atom stereocenters. The van der Waals surface area contributed by atoms with Gasteiger partial charge in [0.25, 0.3) is 0 Å². The van der Waals surface area contributed by atoms with E-state index in [4.69, 9.17) is 9.47 Å². The zero-order chi connectivity index (χ0) is 13.1. The molecule has 0 N–H and O–H groups in total. The zero-order valence-corrected chi connectivity index (χ0v) is 11.9. The van der Waals surface area contributed by atoms with Gasteiger partial charge in [0.1, 0.15) is 5.75 Å². The second kappa shape index (κ2) is 5.75. The fraction of sp³-hybridized carbons (Fsp3) is 0.625. The van der Waals surface area contributed by atoms with Gasteiger partial charge in [-0.2, -0.15) is 0 Å². The number of ether oxygens (including phenoxy) is 2.